The van der Waals surface area contributed by atoms with E-state index in [1.165, 1.54) is 17.2 Å². The number of hydrogen-bond acceptors (Lipinski definition) is 4. The van der Waals surface area contributed by atoms with E-state index in [-0.39, 0.29) is 24.3 Å². The molecule has 0 aliphatic heterocycles. The third kappa shape index (κ3) is 5.98. The van der Waals surface area contributed by atoms with Crippen LogP contribution in [0.1, 0.15) is 59.0 Å². The Labute approximate surface area is 205 Å². The van der Waals surface area contributed by atoms with Crippen LogP contribution in [0.15, 0.2) is 71.3 Å². The molecule has 1 atom stereocenters. The molecule has 2 N–H and O–H groups in total. The van der Waals surface area contributed by atoms with Crippen LogP contribution < -0.4 is 15.5 Å². The summed E-state index contributed by atoms with van der Waals surface area (Å²) in [5.74, 6) is -1.00. The number of rotatable bonds is 8. The minimum absolute atomic E-state index is 0.101. The first-order valence-electron chi connectivity index (χ1n) is 12.0. The summed E-state index contributed by atoms with van der Waals surface area (Å²) in [6.07, 6.45) is 5.43. The molecule has 0 spiro atoms. The number of benzene rings is 2. The molecular formula is C28H31N3O4. The fourth-order valence-corrected chi connectivity index (χ4v) is 4.47. The number of nitrogens with one attached hydrogen (secondary N) is 2. The van der Waals surface area contributed by atoms with E-state index < -0.39 is 17.9 Å². The highest BCUT2D eigenvalue weighted by atomic mass is 16.3. The smallest absolute Gasteiger partial charge is 0.287 e. The van der Waals surface area contributed by atoms with Crippen molar-refractivity contribution in [2.45, 2.75) is 51.6 Å². The molecule has 1 aromatic heterocycles. The highest BCUT2D eigenvalue weighted by Gasteiger charge is 2.34. The molecule has 1 aliphatic carbocycles. The van der Waals surface area contributed by atoms with Crippen molar-refractivity contribution in [2.75, 3.05) is 11.4 Å². The number of furan rings is 1. The van der Waals surface area contributed by atoms with Crippen molar-refractivity contribution in [1.29, 1.82) is 0 Å². The highest BCUT2D eigenvalue weighted by molar-refractivity contribution is 6.04. The third-order valence-electron chi connectivity index (χ3n) is 6.29. The van der Waals surface area contributed by atoms with E-state index in [0.717, 1.165) is 36.8 Å². The minimum Gasteiger partial charge on any atom is -0.459 e. The van der Waals surface area contributed by atoms with Crippen LogP contribution in [0.25, 0.3) is 0 Å². The molecule has 1 fully saturated rings. The molecule has 2 aromatic carbocycles. The van der Waals surface area contributed by atoms with Crippen LogP contribution in [0, 0.1) is 13.8 Å². The molecule has 0 saturated heterocycles. The molecule has 4 rings (SSSR count). The Morgan fingerprint density at radius 3 is 2.37 bits per heavy atom. The van der Waals surface area contributed by atoms with Gasteiger partial charge in [-0.2, -0.15) is 0 Å². The summed E-state index contributed by atoms with van der Waals surface area (Å²) in [4.78, 5) is 41.3. The van der Waals surface area contributed by atoms with Gasteiger partial charge in [-0.3, -0.25) is 19.3 Å². The third-order valence-corrected chi connectivity index (χ3v) is 6.29. The lowest BCUT2D eigenvalue weighted by molar-refractivity contribution is -0.126. The van der Waals surface area contributed by atoms with Crippen molar-refractivity contribution < 1.29 is 18.8 Å². The monoisotopic (exact) mass is 473 g/mol. The summed E-state index contributed by atoms with van der Waals surface area (Å²) < 4.78 is 5.13. The molecular weight excluding hydrogens is 442 g/mol. The van der Waals surface area contributed by atoms with Crippen LogP contribution in [0.4, 0.5) is 5.69 Å². The van der Waals surface area contributed by atoms with E-state index in [1.807, 2.05) is 62.4 Å². The molecule has 1 saturated carbocycles. The standard InChI is InChI=1S/C28H31N3O4/c1-19-12-14-21(15-13-19)26(28(34)30-22-8-3-4-9-22)31(23-10-5-7-20(2)17-23)25(32)18-29-27(33)24-11-6-16-35-24/h5-7,10-17,22,26H,3-4,8-9,18H2,1-2H3,(H,29,33)(H,30,34). The fourth-order valence-electron chi connectivity index (χ4n) is 4.47. The van der Waals surface area contributed by atoms with Crippen LogP contribution in [-0.4, -0.2) is 30.3 Å². The van der Waals surface area contributed by atoms with Crippen molar-refractivity contribution in [3.05, 3.63) is 89.4 Å². The second-order valence-corrected chi connectivity index (χ2v) is 9.07. The zero-order chi connectivity index (χ0) is 24.8. The first-order valence-corrected chi connectivity index (χ1v) is 12.0. The zero-order valence-electron chi connectivity index (χ0n) is 20.1. The summed E-state index contributed by atoms with van der Waals surface area (Å²) in [6.45, 7) is 3.63. The van der Waals surface area contributed by atoms with Crippen LogP contribution in [0.3, 0.4) is 0 Å². The SMILES string of the molecule is Cc1ccc(C(C(=O)NC2CCCC2)N(C(=O)CNC(=O)c2ccco2)c2cccc(C)c2)cc1. The van der Waals surface area contributed by atoms with Gasteiger partial charge in [-0.15, -0.1) is 0 Å². The Morgan fingerprint density at radius 2 is 1.71 bits per heavy atom. The number of anilines is 1. The number of hydrogen-bond donors (Lipinski definition) is 2. The fraction of sp³-hybridized carbons (Fsp3) is 0.321. The van der Waals surface area contributed by atoms with Crippen LogP contribution in [-0.2, 0) is 9.59 Å². The van der Waals surface area contributed by atoms with Crippen molar-refractivity contribution in [3.63, 3.8) is 0 Å². The van der Waals surface area contributed by atoms with Gasteiger partial charge in [0.05, 0.1) is 12.8 Å². The molecule has 1 unspecified atom stereocenters. The van der Waals surface area contributed by atoms with Gasteiger partial charge in [0.1, 0.15) is 6.04 Å². The van der Waals surface area contributed by atoms with Gasteiger partial charge in [0.25, 0.3) is 5.91 Å². The van der Waals surface area contributed by atoms with Gasteiger partial charge < -0.3 is 15.1 Å². The van der Waals surface area contributed by atoms with E-state index in [2.05, 4.69) is 10.6 Å². The number of carbonyl (C=O) groups is 3. The first-order chi connectivity index (χ1) is 16.9. The zero-order valence-corrected chi connectivity index (χ0v) is 20.1. The average Bonchev–Trinajstić information content (AvgIpc) is 3.56. The molecule has 1 aliphatic rings. The van der Waals surface area contributed by atoms with Crippen molar-refractivity contribution in [1.82, 2.24) is 10.6 Å². The average molecular weight is 474 g/mol. The lowest BCUT2D eigenvalue weighted by atomic mass is 10.0. The number of aryl methyl sites for hydroxylation is 2. The maximum absolute atomic E-state index is 13.7. The lowest BCUT2D eigenvalue weighted by Crippen LogP contribution is -2.49. The summed E-state index contributed by atoms with van der Waals surface area (Å²) >= 11 is 0. The molecule has 7 nitrogen and oxygen atoms in total. The summed E-state index contributed by atoms with van der Waals surface area (Å²) in [5.41, 5.74) is 3.31. The number of amides is 3. The van der Waals surface area contributed by atoms with Crippen LogP contribution in [0.2, 0.25) is 0 Å². The Bertz CT molecular complexity index is 1170. The van der Waals surface area contributed by atoms with Gasteiger partial charge in [0.15, 0.2) is 5.76 Å². The predicted octanol–water partition coefficient (Wildman–Crippen LogP) is 4.46. The van der Waals surface area contributed by atoms with Gasteiger partial charge in [0, 0.05) is 11.7 Å². The number of carbonyl (C=O) groups excluding carboxylic acids is 3. The second kappa shape index (κ2) is 11.0. The lowest BCUT2D eigenvalue weighted by Gasteiger charge is -2.32. The topological polar surface area (TPSA) is 91.7 Å². The summed E-state index contributed by atoms with van der Waals surface area (Å²) in [6, 6.07) is 17.5. The minimum atomic E-state index is -0.883. The molecule has 0 bridgehead atoms. The Morgan fingerprint density at radius 1 is 0.971 bits per heavy atom. The normalized spacial score (nSPS) is 14.3. The van der Waals surface area contributed by atoms with E-state index in [1.54, 1.807) is 6.07 Å². The second-order valence-electron chi connectivity index (χ2n) is 9.07. The molecule has 0 radical (unpaired) electrons. The van der Waals surface area contributed by atoms with Crippen LogP contribution in [0.5, 0.6) is 0 Å². The van der Waals surface area contributed by atoms with E-state index in [9.17, 15) is 14.4 Å². The maximum Gasteiger partial charge on any atom is 0.287 e. The van der Waals surface area contributed by atoms with Crippen LogP contribution >= 0.6 is 0 Å². The largest absolute Gasteiger partial charge is 0.459 e. The van der Waals surface area contributed by atoms with Gasteiger partial charge >= 0.3 is 0 Å². The Balaban J connectivity index is 1.68. The highest BCUT2D eigenvalue weighted by Crippen LogP contribution is 2.30. The van der Waals surface area contributed by atoms with Crippen molar-refractivity contribution >= 4 is 23.4 Å². The van der Waals surface area contributed by atoms with E-state index in [4.69, 9.17) is 4.42 Å². The summed E-state index contributed by atoms with van der Waals surface area (Å²) in [7, 11) is 0. The Hall–Kier alpha value is -3.87. The van der Waals surface area contributed by atoms with Gasteiger partial charge in [-0.05, 0) is 62.1 Å². The number of nitrogens with zero attached hydrogens (tertiary/aromatic N) is 1. The maximum atomic E-state index is 13.7. The molecule has 7 heteroatoms. The molecule has 3 aromatic rings. The first kappa shape index (κ1) is 24.3. The van der Waals surface area contributed by atoms with Gasteiger partial charge in [-0.1, -0.05) is 54.8 Å². The summed E-state index contributed by atoms with van der Waals surface area (Å²) in [5, 5.41) is 5.79. The predicted molar refractivity (Wildman–Crippen MR) is 134 cm³/mol. The molecule has 3 amide bonds. The van der Waals surface area contributed by atoms with E-state index >= 15 is 0 Å². The molecule has 182 valence electrons. The Kier molecular flexibility index (Phi) is 7.65. The van der Waals surface area contributed by atoms with Gasteiger partial charge in [-0.25, -0.2) is 0 Å². The quantitative estimate of drug-likeness (QED) is 0.505. The molecule has 1 heterocycles. The van der Waals surface area contributed by atoms with E-state index in [0.29, 0.717) is 11.3 Å². The van der Waals surface area contributed by atoms with Crippen molar-refractivity contribution in [3.8, 4) is 0 Å². The van der Waals surface area contributed by atoms with Crippen molar-refractivity contribution in [2.24, 2.45) is 0 Å². The molecule has 35 heavy (non-hydrogen) atoms. The van der Waals surface area contributed by atoms with Gasteiger partial charge in [0.2, 0.25) is 11.8 Å².